The lowest BCUT2D eigenvalue weighted by Crippen LogP contribution is -2.66. The molecule has 71 heavy (non-hydrogen) atoms. The first-order valence-corrected chi connectivity index (χ1v) is 25.7. The number of benzene rings is 2. The van der Waals surface area contributed by atoms with Crippen LogP contribution in [-0.2, 0) is 20.9 Å². The van der Waals surface area contributed by atoms with Gasteiger partial charge in [-0.15, -0.1) is 0 Å². The molecule has 382 valence electrons. The van der Waals surface area contributed by atoms with Crippen LogP contribution in [0.1, 0.15) is 104 Å². The van der Waals surface area contributed by atoms with Crippen molar-refractivity contribution in [2.75, 3.05) is 113 Å². The Morgan fingerprint density at radius 3 is 2.39 bits per heavy atom. The number of carbonyl (C=O) groups excluding carboxylic acids is 5. The Morgan fingerprint density at radius 1 is 0.817 bits per heavy atom. The summed E-state index contributed by atoms with van der Waals surface area (Å²) in [5.74, 6) is -0.946. The number of carbonyl (C=O) groups is 5. The summed E-state index contributed by atoms with van der Waals surface area (Å²) >= 11 is 0. The van der Waals surface area contributed by atoms with Gasteiger partial charge in [0.25, 0.3) is 11.8 Å². The maximum atomic E-state index is 15.7. The van der Waals surface area contributed by atoms with Gasteiger partial charge in [-0.1, -0.05) is 19.9 Å². The number of imide groups is 2. The van der Waals surface area contributed by atoms with Crippen molar-refractivity contribution in [3.8, 4) is 0 Å². The predicted octanol–water partition coefficient (Wildman–Crippen LogP) is 4.70. The second-order valence-electron chi connectivity index (χ2n) is 21.6. The number of rotatable bonds is 18. The molecular formula is C52H70F2N12O5. The van der Waals surface area contributed by atoms with Gasteiger partial charge in [0, 0.05) is 75.6 Å². The zero-order chi connectivity index (χ0) is 49.9. The van der Waals surface area contributed by atoms with E-state index in [0.29, 0.717) is 62.7 Å². The minimum absolute atomic E-state index is 0.0189. The third kappa shape index (κ3) is 11.8. The monoisotopic (exact) mass is 981 g/mol. The summed E-state index contributed by atoms with van der Waals surface area (Å²) < 4.78 is 31.2. The molecule has 1 spiro atoms. The third-order valence-electron chi connectivity index (χ3n) is 15.7. The summed E-state index contributed by atoms with van der Waals surface area (Å²) in [7, 11) is 2.17. The van der Waals surface area contributed by atoms with Crippen LogP contribution in [0.15, 0.2) is 42.7 Å². The fourth-order valence-electron chi connectivity index (χ4n) is 11.3. The van der Waals surface area contributed by atoms with Crippen LogP contribution < -0.4 is 31.1 Å². The van der Waals surface area contributed by atoms with E-state index in [1.54, 1.807) is 29.4 Å². The van der Waals surface area contributed by atoms with E-state index in [1.807, 2.05) is 6.07 Å². The molecular weight excluding hydrogens is 911 g/mol. The molecule has 1 unspecified atom stereocenters. The quantitative estimate of drug-likeness (QED) is 0.102. The SMILES string of the molecule is CN(CCCNc1cc(N2CCC3(CC2)CN(c2cc(F)c(CN4CCC(C)(C)CC4)cc2F)CC(=O)N3)ncn1)CC[C@@H]1CCN(CCCNc2cccc3c2C(=O)N(C2CCC(=O)NC2=O)C3=O)C1. The standard InChI is InChI=1S/C52H70F2N12O5/c1-51(2)13-23-63(24-14-51)31-36-27-39(54)42(28-38(36)53)65-32-46(68)60-52(33-65)15-25-64(26-16-52)44-29-43(57-34-58-44)56-18-5-19-61(3)21-11-35-12-22-62(30-35)20-6-17-55-40-8-4-7-37-47(40)50(71)66(49(37)70)41-9-10-45(67)59-48(41)69/h4,7-8,27-29,34-35,41,55H,5-6,9-26,30-33H2,1-3H3,(H,60,68)(H,56,57,58)(H,59,67,69)/t35-,41?/m1/s1. The lowest BCUT2D eigenvalue weighted by Gasteiger charge is -2.48. The van der Waals surface area contributed by atoms with Crippen molar-refractivity contribution in [1.82, 2.24) is 40.2 Å². The molecule has 19 heteroatoms. The highest BCUT2D eigenvalue weighted by atomic mass is 19.1. The van der Waals surface area contributed by atoms with Crippen molar-refractivity contribution >= 4 is 52.5 Å². The molecule has 0 radical (unpaired) electrons. The Morgan fingerprint density at radius 2 is 1.61 bits per heavy atom. The zero-order valence-corrected chi connectivity index (χ0v) is 41.5. The third-order valence-corrected chi connectivity index (χ3v) is 15.7. The number of nitrogens with zero attached hydrogens (tertiary/aromatic N) is 8. The van der Waals surface area contributed by atoms with Gasteiger partial charge >= 0.3 is 0 Å². The van der Waals surface area contributed by atoms with Crippen LogP contribution >= 0.6 is 0 Å². The Bertz CT molecular complexity index is 2470. The number of aromatic nitrogens is 2. The number of hydrogen-bond acceptors (Lipinski definition) is 14. The van der Waals surface area contributed by atoms with Crippen LogP contribution in [0.25, 0.3) is 0 Å². The lowest BCUT2D eigenvalue weighted by molar-refractivity contribution is -0.136. The van der Waals surface area contributed by atoms with Crippen molar-refractivity contribution in [3.63, 3.8) is 0 Å². The highest BCUT2D eigenvalue weighted by molar-refractivity contribution is 6.25. The average molecular weight is 981 g/mol. The van der Waals surface area contributed by atoms with E-state index in [0.717, 1.165) is 107 Å². The fourth-order valence-corrected chi connectivity index (χ4v) is 11.3. The van der Waals surface area contributed by atoms with Gasteiger partial charge in [0.05, 0.1) is 28.9 Å². The van der Waals surface area contributed by atoms with E-state index in [2.05, 4.69) is 71.7 Å². The van der Waals surface area contributed by atoms with Gasteiger partial charge in [-0.05, 0) is 134 Å². The molecule has 9 rings (SSSR count). The Hall–Kier alpha value is -5.79. The Balaban J connectivity index is 0.659. The summed E-state index contributed by atoms with van der Waals surface area (Å²) in [4.78, 5) is 84.8. The zero-order valence-electron chi connectivity index (χ0n) is 41.5. The topological polar surface area (TPSA) is 179 Å². The molecule has 5 fully saturated rings. The molecule has 0 aliphatic carbocycles. The first-order chi connectivity index (χ1) is 34.1. The van der Waals surface area contributed by atoms with Gasteiger partial charge in [-0.25, -0.2) is 18.7 Å². The van der Waals surface area contributed by atoms with Crippen LogP contribution in [0, 0.1) is 23.0 Å². The molecule has 4 N–H and O–H groups in total. The Labute approximate surface area is 415 Å². The summed E-state index contributed by atoms with van der Waals surface area (Å²) in [5.41, 5.74) is 1.35. The molecule has 5 amide bonds. The number of hydrogen-bond donors (Lipinski definition) is 4. The van der Waals surface area contributed by atoms with E-state index in [-0.39, 0.29) is 47.5 Å². The van der Waals surface area contributed by atoms with Gasteiger partial charge in [-0.2, -0.15) is 0 Å². The first-order valence-electron chi connectivity index (χ1n) is 25.7. The summed E-state index contributed by atoms with van der Waals surface area (Å²) in [6.45, 7) is 14.7. The van der Waals surface area contributed by atoms with Crippen LogP contribution in [0.3, 0.4) is 0 Å². The Kier molecular flexibility index (Phi) is 15.2. The number of piperazine rings is 1. The molecule has 0 bridgehead atoms. The van der Waals surface area contributed by atoms with Crippen LogP contribution in [0.2, 0.25) is 0 Å². The van der Waals surface area contributed by atoms with Crippen molar-refractivity contribution < 1.29 is 32.8 Å². The van der Waals surface area contributed by atoms with E-state index < -0.39 is 46.8 Å². The molecule has 17 nitrogen and oxygen atoms in total. The number of anilines is 4. The van der Waals surface area contributed by atoms with Crippen molar-refractivity contribution in [3.05, 3.63) is 71.1 Å². The lowest BCUT2D eigenvalue weighted by atomic mass is 9.82. The minimum Gasteiger partial charge on any atom is -0.384 e. The molecule has 6 aliphatic heterocycles. The van der Waals surface area contributed by atoms with Gasteiger partial charge in [-0.3, -0.25) is 39.1 Å². The van der Waals surface area contributed by atoms with Crippen LogP contribution in [0.5, 0.6) is 0 Å². The first kappa shape index (κ1) is 50.2. The molecule has 6 aliphatic rings. The second kappa shape index (κ2) is 21.5. The maximum absolute atomic E-state index is 15.7. The van der Waals surface area contributed by atoms with E-state index in [1.165, 1.54) is 12.1 Å². The highest BCUT2D eigenvalue weighted by Gasteiger charge is 2.46. The van der Waals surface area contributed by atoms with E-state index in [9.17, 15) is 24.0 Å². The molecule has 2 aromatic carbocycles. The number of nitrogens with one attached hydrogen (secondary N) is 4. The minimum atomic E-state index is -0.990. The molecule has 7 heterocycles. The van der Waals surface area contributed by atoms with Crippen LogP contribution in [0.4, 0.5) is 31.8 Å². The van der Waals surface area contributed by atoms with Gasteiger partial charge in [0.15, 0.2) is 0 Å². The molecule has 1 aromatic heterocycles. The number of piperidine rings is 3. The van der Waals surface area contributed by atoms with E-state index >= 15 is 8.78 Å². The maximum Gasteiger partial charge on any atom is 0.264 e. The molecule has 2 atom stereocenters. The van der Waals surface area contributed by atoms with Crippen molar-refractivity contribution in [2.45, 2.75) is 96.2 Å². The number of fused-ring (bicyclic) bond motifs is 1. The molecule has 5 saturated heterocycles. The van der Waals surface area contributed by atoms with Crippen molar-refractivity contribution in [1.29, 1.82) is 0 Å². The highest BCUT2D eigenvalue weighted by Crippen LogP contribution is 2.36. The molecule has 0 saturated carbocycles. The second-order valence-corrected chi connectivity index (χ2v) is 21.6. The predicted molar refractivity (Wildman–Crippen MR) is 267 cm³/mol. The summed E-state index contributed by atoms with van der Waals surface area (Å²) in [5, 5.41) is 12.3. The average Bonchev–Trinajstić information content (AvgIpc) is 3.91. The largest absolute Gasteiger partial charge is 0.384 e. The number of halogens is 2. The van der Waals surface area contributed by atoms with Crippen molar-refractivity contribution in [2.24, 2.45) is 11.3 Å². The van der Waals surface area contributed by atoms with Gasteiger partial charge < -0.3 is 35.6 Å². The normalized spacial score (nSPS) is 22.6. The van der Waals surface area contributed by atoms with Crippen LogP contribution in [-0.4, -0.2) is 163 Å². The van der Waals surface area contributed by atoms with E-state index in [4.69, 9.17) is 0 Å². The molecule has 3 aromatic rings. The number of amides is 5. The fraction of sp³-hybridized carbons (Fsp3) is 0.596. The number of likely N-dealkylation sites (tertiary alicyclic amines) is 2. The summed E-state index contributed by atoms with van der Waals surface area (Å²) in [6.07, 6.45) is 9.22. The van der Waals surface area contributed by atoms with Gasteiger partial charge in [0.1, 0.15) is 35.6 Å². The summed E-state index contributed by atoms with van der Waals surface area (Å²) in [6, 6.07) is 8.71. The van der Waals surface area contributed by atoms with Gasteiger partial charge in [0.2, 0.25) is 17.7 Å². The smallest absolute Gasteiger partial charge is 0.264 e.